The van der Waals surface area contributed by atoms with Crippen molar-refractivity contribution in [3.05, 3.63) is 59.9 Å². The zero-order chi connectivity index (χ0) is 21.4. The van der Waals surface area contributed by atoms with Crippen molar-refractivity contribution in [2.45, 2.75) is 43.6 Å². The van der Waals surface area contributed by atoms with Gasteiger partial charge in [-0.15, -0.1) is 0 Å². The van der Waals surface area contributed by atoms with Gasteiger partial charge in [-0.3, -0.25) is 19.4 Å². The van der Waals surface area contributed by atoms with Gasteiger partial charge >= 0.3 is 0 Å². The number of amides is 3. The molecule has 2 atom stereocenters. The Morgan fingerprint density at radius 2 is 2.03 bits per heavy atom. The van der Waals surface area contributed by atoms with Gasteiger partial charge in [0.25, 0.3) is 0 Å². The summed E-state index contributed by atoms with van der Waals surface area (Å²) in [5.74, 6) is -0.196. The molecule has 31 heavy (non-hydrogen) atoms. The molecule has 5 rings (SSSR count). The smallest absolute Gasteiger partial charge is 0.240 e. The largest absolute Gasteiger partial charge is 0.334 e. The zero-order valence-corrected chi connectivity index (χ0v) is 17.0. The second kappa shape index (κ2) is 7.61. The molecule has 8 heteroatoms. The van der Waals surface area contributed by atoms with E-state index in [0.29, 0.717) is 32.2 Å². The van der Waals surface area contributed by atoms with E-state index in [1.165, 1.54) is 0 Å². The van der Waals surface area contributed by atoms with Crippen LogP contribution in [0.4, 0.5) is 5.69 Å². The van der Waals surface area contributed by atoms with Crippen LogP contribution in [-0.4, -0.2) is 39.9 Å². The lowest BCUT2D eigenvalue weighted by atomic mass is 9.73. The molecule has 0 bridgehead atoms. The van der Waals surface area contributed by atoms with Gasteiger partial charge in [0.15, 0.2) is 0 Å². The monoisotopic (exact) mass is 417 g/mol. The predicted octanol–water partition coefficient (Wildman–Crippen LogP) is 2.29. The molecule has 2 unspecified atom stereocenters. The average Bonchev–Trinajstić information content (AvgIpc) is 3.33. The first-order valence-electron chi connectivity index (χ1n) is 10.5. The summed E-state index contributed by atoms with van der Waals surface area (Å²) in [6.07, 6.45) is 5.73. The molecule has 8 nitrogen and oxygen atoms in total. The second-order valence-corrected chi connectivity index (χ2v) is 8.21. The number of pyridine rings is 1. The minimum absolute atomic E-state index is 0.0255. The summed E-state index contributed by atoms with van der Waals surface area (Å²) in [4.78, 5) is 44.0. The molecule has 1 saturated heterocycles. The summed E-state index contributed by atoms with van der Waals surface area (Å²) in [5, 5.41) is 7.09. The highest BCUT2D eigenvalue weighted by Crippen LogP contribution is 2.54. The summed E-state index contributed by atoms with van der Waals surface area (Å²) < 4.78 is 0. The number of carbonyl (C=O) groups is 3. The fourth-order valence-corrected chi connectivity index (χ4v) is 5.04. The van der Waals surface area contributed by atoms with Crippen LogP contribution in [0.15, 0.2) is 53.9 Å². The van der Waals surface area contributed by atoms with Gasteiger partial charge in [0.2, 0.25) is 17.7 Å². The Labute approximate surface area is 179 Å². The van der Waals surface area contributed by atoms with Crippen molar-refractivity contribution in [2.75, 3.05) is 11.9 Å². The number of fused-ring (bicyclic) bond motifs is 2. The summed E-state index contributed by atoms with van der Waals surface area (Å²) in [6, 6.07) is 11.1. The number of aromatic nitrogens is 1. The minimum atomic E-state index is -0.828. The SMILES string of the molecule is O=C1CCC(CCC(=O)N2CCC3(C(=O)Nc4ccccc43)C2c2cccnc2)=NN1. The number of para-hydroxylation sites is 1. The normalized spacial score (nSPS) is 24.6. The second-order valence-electron chi connectivity index (χ2n) is 8.21. The zero-order valence-electron chi connectivity index (χ0n) is 17.0. The van der Waals surface area contributed by atoms with E-state index in [9.17, 15) is 14.4 Å². The standard InChI is InChI=1S/C23H23N5O3/c29-19-9-7-16(26-27-19)8-10-20(30)28-13-11-23(21(28)15-4-3-12-24-14-15)17-5-1-2-6-18(17)25-22(23)31/h1-6,12,14,21H,7-11,13H2,(H,25,31)(H,27,29). The lowest BCUT2D eigenvalue weighted by Gasteiger charge is -2.34. The molecule has 158 valence electrons. The van der Waals surface area contributed by atoms with E-state index in [4.69, 9.17) is 0 Å². The molecule has 1 aromatic carbocycles. The Kier molecular flexibility index (Phi) is 4.77. The summed E-state index contributed by atoms with van der Waals surface area (Å²) in [5.41, 5.74) is 5.07. The van der Waals surface area contributed by atoms with E-state index in [0.717, 1.165) is 22.5 Å². The first-order valence-corrected chi connectivity index (χ1v) is 10.5. The van der Waals surface area contributed by atoms with Gasteiger partial charge in [-0.05, 0) is 42.5 Å². The number of likely N-dealkylation sites (tertiary alicyclic amines) is 1. The van der Waals surface area contributed by atoms with Gasteiger partial charge in [0.1, 0.15) is 5.41 Å². The predicted molar refractivity (Wildman–Crippen MR) is 114 cm³/mol. The molecule has 1 spiro atoms. The van der Waals surface area contributed by atoms with Crippen LogP contribution < -0.4 is 10.7 Å². The molecule has 1 fully saturated rings. The van der Waals surface area contributed by atoms with Crippen molar-refractivity contribution in [1.29, 1.82) is 0 Å². The Bertz CT molecular complexity index is 1080. The molecule has 4 heterocycles. The molecule has 3 aliphatic rings. The van der Waals surface area contributed by atoms with Gasteiger partial charge in [-0.25, -0.2) is 5.43 Å². The lowest BCUT2D eigenvalue weighted by molar-refractivity contribution is -0.133. The van der Waals surface area contributed by atoms with Crippen molar-refractivity contribution in [3.63, 3.8) is 0 Å². The van der Waals surface area contributed by atoms with Crippen LogP contribution in [0, 0.1) is 0 Å². The van der Waals surface area contributed by atoms with Crippen LogP contribution in [0.3, 0.4) is 0 Å². The van der Waals surface area contributed by atoms with Crippen LogP contribution in [0.5, 0.6) is 0 Å². The van der Waals surface area contributed by atoms with Gasteiger partial charge in [-0.1, -0.05) is 24.3 Å². The van der Waals surface area contributed by atoms with Crippen LogP contribution in [0.1, 0.15) is 49.3 Å². The molecule has 3 amide bonds. The van der Waals surface area contributed by atoms with E-state index in [-0.39, 0.29) is 24.1 Å². The van der Waals surface area contributed by atoms with Crippen LogP contribution >= 0.6 is 0 Å². The van der Waals surface area contributed by atoms with E-state index in [1.54, 1.807) is 12.4 Å². The van der Waals surface area contributed by atoms with Crippen LogP contribution in [0.25, 0.3) is 0 Å². The van der Waals surface area contributed by atoms with Crippen molar-refractivity contribution in [2.24, 2.45) is 5.10 Å². The maximum atomic E-state index is 13.3. The molecular weight excluding hydrogens is 394 g/mol. The van der Waals surface area contributed by atoms with E-state index >= 15 is 0 Å². The fraction of sp³-hybridized carbons (Fsp3) is 0.348. The number of hydrogen-bond donors (Lipinski definition) is 2. The van der Waals surface area contributed by atoms with Crippen molar-refractivity contribution < 1.29 is 14.4 Å². The highest BCUT2D eigenvalue weighted by Gasteiger charge is 2.59. The molecule has 3 aliphatic heterocycles. The number of rotatable bonds is 4. The number of carbonyl (C=O) groups excluding carboxylic acids is 3. The molecule has 0 radical (unpaired) electrons. The maximum absolute atomic E-state index is 13.3. The Morgan fingerprint density at radius 3 is 2.81 bits per heavy atom. The van der Waals surface area contributed by atoms with Crippen molar-refractivity contribution >= 4 is 29.1 Å². The van der Waals surface area contributed by atoms with Gasteiger partial charge in [-0.2, -0.15) is 5.10 Å². The number of hydrogen-bond acceptors (Lipinski definition) is 5. The minimum Gasteiger partial charge on any atom is -0.334 e. The third kappa shape index (κ3) is 3.19. The third-order valence-corrected chi connectivity index (χ3v) is 6.51. The quantitative estimate of drug-likeness (QED) is 0.796. The summed E-state index contributed by atoms with van der Waals surface area (Å²) >= 11 is 0. The molecule has 2 aromatic rings. The van der Waals surface area contributed by atoms with Crippen molar-refractivity contribution in [1.82, 2.24) is 15.3 Å². The van der Waals surface area contributed by atoms with Gasteiger partial charge in [0, 0.05) is 43.2 Å². The number of anilines is 1. The Morgan fingerprint density at radius 1 is 1.16 bits per heavy atom. The number of benzene rings is 1. The van der Waals surface area contributed by atoms with Gasteiger partial charge in [0.05, 0.1) is 6.04 Å². The van der Waals surface area contributed by atoms with E-state index in [1.807, 2.05) is 41.3 Å². The van der Waals surface area contributed by atoms with Crippen LogP contribution in [0.2, 0.25) is 0 Å². The van der Waals surface area contributed by atoms with Gasteiger partial charge < -0.3 is 10.2 Å². The highest BCUT2D eigenvalue weighted by atomic mass is 16.2. The van der Waals surface area contributed by atoms with Crippen LogP contribution in [-0.2, 0) is 19.8 Å². The highest BCUT2D eigenvalue weighted by molar-refractivity contribution is 6.07. The lowest BCUT2D eigenvalue weighted by Crippen LogP contribution is -2.42. The molecule has 0 aliphatic carbocycles. The third-order valence-electron chi connectivity index (χ3n) is 6.51. The first-order chi connectivity index (χ1) is 15.1. The number of nitrogens with one attached hydrogen (secondary N) is 2. The summed E-state index contributed by atoms with van der Waals surface area (Å²) in [7, 11) is 0. The maximum Gasteiger partial charge on any atom is 0.240 e. The Balaban J connectivity index is 1.47. The molecule has 0 saturated carbocycles. The van der Waals surface area contributed by atoms with Crippen molar-refractivity contribution in [3.8, 4) is 0 Å². The average molecular weight is 417 g/mol. The summed E-state index contributed by atoms with van der Waals surface area (Å²) in [6.45, 7) is 0.489. The number of hydrazone groups is 1. The topological polar surface area (TPSA) is 104 Å². The molecular formula is C23H23N5O3. The van der Waals surface area contributed by atoms with E-state index < -0.39 is 11.5 Å². The molecule has 1 aromatic heterocycles. The first kappa shape index (κ1) is 19.4. The number of nitrogens with zero attached hydrogens (tertiary/aromatic N) is 3. The fourth-order valence-electron chi connectivity index (χ4n) is 5.04. The Hall–Kier alpha value is -3.55. The molecule has 2 N–H and O–H groups in total. The van der Waals surface area contributed by atoms with E-state index in [2.05, 4.69) is 20.8 Å².